The van der Waals surface area contributed by atoms with Gasteiger partial charge in [-0.2, -0.15) is 0 Å². The SMILES string of the molecule is CCC(F)(F)c1ccc(CC(=O)Nc2ccc(OC3(c4ccc(Cl)cc4Cl)CCOCC3)c(F)c2)cc1. The zero-order chi connectivity index (χ0) is 26.6. The van der Waals surface area contributed by atoms with Crippen molar-refractivity contribution in [1.29, 1.82) is 0 Å². The number of ether oxygens (including phenoxy) is 2. The Balaban J connectivity index is 1.46. The highest BCUT2D eigenvalue weighted by Gasteiger charge is 2.39. The van der Waals surface area contributed by atoms with Gasteiger partial charge in [-0.05, 0) is 29.8 Å². The molecule has 0 atom stereocenters. The zero-order valence-electron chi connectivity index (χ0n) is 20.1. The summed E-state index contributed by atoms with van der Waals surface area (Å²) in [5, 5.41) is 3.54. The summed E-state index contributed by atoms with van der Waals surface area (Å²) >= 11 is 12.5. The monoisotopic (exact) mass is 551 g/mol. The van der Waals surface area contributed by atoms with Crippen molar-refractivity contribution in [2.75, 3.05) is 18.5 Å². The summed E-state index contributed by atoms with van der Waals surface area (Å²) in [5.74, 6) is -3.96. The highest BCUT2D eigenvalue weighted by atomic mass is 35.5. The molecule has 1 aliphatic rings. The highest BCUT2D eigenvalue weighted by Crippen LogP contribution is 2.42. The van der Waals surface area contributed by atoms with Crippen LogP contribution in [-0.4, -0.2) is 19.1 Å². The van der Waals surface area contributed by atoms with Gasteiger partial charge in [-0.1, -0.05) is 60.5 Å². The molecule has 1 fully saturated rings. The number of carbonyl (C=O) groups excluding carboxylic acids is 1. The maximum Gasteiger partial charge on any atom is 0.273 e. The van der Waals surface area contributed by atoms with Crippen LogP contribution in [0, 0.1) is 5.82 Å². The van der Waals surface area contributed by atoms with E-state index >= 15 is 4.39 Å². The Hall–Kier alpha value is -2.74. The van der Waals surface area contributed by atoms with Crippen molar-refractivity contribution >= 4 is 34.8 Å². The summed E-state index contributed by atoms with van der Waals surface area (Å²) in [4.78, 5) is 12.5. The van der Waals surface area contributed by atoms with Crippen LogP contribution in [0.2, 0.25) is 10.0 Å². The van der Waals surface area contributed by atoms with E-state index in [1.54, 1.807) is 18.2 Å². The summed E-state index contributed by atoms with van der Waals surface area (Å²) in [5.41, 5.74) is 0.511. The van der Waals surface area contributed by atoms with Crippen molar-refractivity contribution in [2.24, 2.45) is 0 Å². The van der Waals surface area contributed by atoms with E-state index in [-0.39, 0.29) is 29.8 Å². The van der Waals surface area contributed by atoms with E-state index in [1.165, 1.54) is 49.4 Å². The highest BCUT2D eigenvalue weighted by molar-refractivity contribution is 6.35. The zero-order valence-corrected chi connectivity index (χ0v) is 21.6. The van der Waals surface area contributed by atoms with Crippen LogP contribution >= 0.6 is 23.2 Å². The Morgan fingerprint density at radius 3 is 2.38 bits per heavy atom. The summed E-state index contributed by atoms with van der Waals surface area (Å²) in [7, 11) is 0. The van der Waals surface area contributed by atoms with E-state index in [2.05, 4.69) is 5.32 Å². The second-order valence-electron chi connectivity index (χ2n) is 8.96. The molecule has 3 aromatic carbocycles. The third kappa shape index (κ3) is 6.40. The van der Waals surface area contributed by atoms with Gasteiger partial charge < -0.3 is 14.8 Å². The van der Waals surface area contributed by atoms with Gasteiger partial charge in [0.1, 0.15) is 5.60 Å². The number of benzene rings is 3. The maximum absolute atomic E-state index is 15.1. The summed E-state index contributed by atoms with van der Waals surface area (Å²) < 4.78 is 54.4. The molecule has 3 aromatic rings. The molecule has 0 spiro atoms. The average molecular weight is 552 g/mol. The lowest BCUT2D eigenvalue weighted by Gasteiger charge is -2.38. The standard InChI is InChI=1S/C28H26Cl2F3NO3/c1-2-28(32,33)19-5-3-18(4-6-19)15-26(35)34-21-8-10-25(24(31)17-21)37-27(11-13-36-14-12-27)22-9-7-20(29)16-23(22)30/h3-10,16-17H,2,11-15H2,1H3,(H,34,35). The van der Waals surface area contributed by atoms with E-state index in [9.17, 15) is 13.6 Å². The van der Waals surface area contributed by atoms with Crippen molar-refractivity contribution in [3.63, 3.8) is 0 Å². The van der Waals surface area contributed by atoms with E-state index in [1.807, 2.05) is 0 Å². The summed E-state index contributed by atoms with van der Waals surface area (Å²) in [6.07, 6.45) is 0.584. The number of carbonyl (C=O) groups is 1. The maximum atomic E-state index is 15.1. The lowest BCUT2D eigenvalue weighted by molar-refractivity contribution is -0.115. The van der Waals surface area contributed by atoms with Crippen molar-refractivity contribution in [1.82, 2.24) is 0 Å². The number of halogens is 5. The van der Waals surface area contributed by atoms with Crippen molar-refractivity contribution in [3.05, 3.63) is 93.2 Å². The third-order valence-electron chi connectivity index (χ3n) is 6.43. The molecule has 1 amide bonds. The molecule has 0 radical (unpaired) electrons. The largest absolute Gasteiger partial charge is 0.479 e. The number of rotatable bonds is 8. The van der Waals surface area contributed by atoms with Gasteiger partial charge in [-0.15, -0.1) is 0 Å². The molecule has 0 bridgehead atoms. The lowest BCUT2D eigenvalue weighted by atomic mass is 9.86. The van der Waals surface area contributed by atoms with Gasteiger partial charge in [0, 0.05) is 52.2 Å². The van der Waals surface area contributed by atoms with Crippen LogP contribution in [0.3, 0.4) is 0 Å². The van der Waals surface area contributed by atoms with E-state index in [0.717, 1.165) is 0 Å². The minimum atomic E-state index is -2.91. The van der Waals surface area contributed by atoms with Crippen LogP contribution in [0.5, 0.6) is 5.75 Å². The molecule has 196 valence electrons. The van der Waals surface area contributed by atoms with Crippen molar-refractivity contribution in [2.45, 2.75) is 44.1 Å². The molecule has 37 heavy (non-hydrogen) atoms. The van der Waals surface area contributed by atoms with Crippen molar-refractivity contribution in [3.8, 4) is 5.75 Å². The molecule has 0 saturated carbocycles. The van der Waals surface area contributed by atoms with Gasteiger partial charge in [0.25, 0.3) is 5.92 Å². The average Bonchev–Trinajstić information content (AvgIpc) is 2.86. The second-order valence-corrected chi connectivity index (χ2v) is 9.80. The van der Waals surface area contributed by atoms with Gasteiger partial charge >= 0.3 is 0 Å². The fourth-order valence-electron chi connectivity index (χ4n) is 4.32. The van der Waals surface area contributed by atoms with E-state index in [0.29, 0.717) is 47.2 Å². The second kappa shape index (κ2) is 11.3. The molecule has 1 aliphatic heterocycles. The van der Waals surface area contributed by atoms with Gasteiger partial charge in [0.05, 0.1) is 19.6 Å². The first-order valence-corrected chi connectivity index (χ1v) is 12.7. The molecular formula is C28H26Cl2F3NO3. The summed E-state index contributed by atoms with van der Waals surface area (Å²) in [6, 6.07) is 14.9. The number of nitrogens with one attached hydrogen (secondary N) is 1. The molecule has 9 heteroatoms. The number of hydrogen-bond acceptors (Lipinski definition) is 3. The Bertz CT molecular complexity index is 1260. The molecule has 0 aliphatic carbocycles. The van der Waals surface area contributed by atoms with E-state index < -0.39 is 23.2 Å². The van der Waals surface area contributed by atoms with Crippen LogP contribution in [0.15, 0.2) is 60.7 Å². The minimum Gasteiger partial charge on any atom is -0.479 e. The van der Waals surface area contributed by atoms with Crippen LogP contribution in [0.25, 0.3) is 0 Å². The predicted octanol–water partition coefficient (Wildman–Crippen LogP) is 7.90. The predicted molar refractivity (Wildman–Crippen MR) is 138 cm³/mol. The number of anilines is 1. The smallest absolute Gasteiger partial charge is 0.273 e. The molecule has 1 saturated heterocycles. The van der Waals surface area contributed by atoms with E-state index in [4.69, 9.17) is 32.7 Å². The Kier molecular flexibility index (Phi) is 8.36. The fourth-order valence-corrected chi connectivity index (χ4v) is 4.90. The molecule has 0 aromatic heterocycles. The Morgan fingerprint density at radius 2 is 1.76 bits per heavy atom. The Labute approximate surface area is 223 Å². The third-order valence-corrected chi connectivity index (χ3v) is 6.98. The molecular weight excluding hydrogens is 526 g/mol. The first-order chi connectivity index (χ1) is 17.6. The fraction of sp³-hybridized carbons (Fsp3) is 0.321. The lowest BCUT2D eigenvalue weighted by Crippen LogP contribution is -2.39. The first-order valence-electron chi connectivity index (χ1n) is 11.9. The van der Waals surface area contributed by atoms with Gasteiger partial charge in [-0.3, -0.25) is 4.79 Å². The molecule has 1 N–H and O–H groups in total. The van der Waals surface area contributed by atoms with Gasteiger partial charge in [0.2, 0.25) is 5.91 Å². The minimum absolute atomic E-state index is 0.0124. The summed E-state index contributed by atoms with van der Waals surface area (Å²) in [6.45, 7) is 2.25. The van der Waals surface area contributed by atoms with Crippen molar-refractivity contribution < 1.29 is 27.4 Å². The number of alkyl halides is 2. The van der Waals surface area contributed by atoms with Gasteiger partial charge in [0.15, 0.2) is 11.6 Å². The van der Waals surface area contributed by atoms with Crippen LogP contribution in [0.4, 0.5) is 18.9 Å². The van der Waals surface area contributed by atoms with Crippen LogP contribution in [-0.2, 0) is 27.5 Å². The van der Waals surface area contributed by atoms with Gasteiger partial charge in [-0.25, -0.2) is 13.2 Å². The molecule has 4 nitrogen and oxygen atoms in total. The number of hydrogen-bond donors (Lipinski definition) is 1. The molecule has 1 heterocycles. The normalized spacial score (nSPS) is 15.3. The molecule has 0 unspecified atom stereocenters. The first kappa shape index (κ1) is 27.3. The number of amides is 1. The van der Waals surface area contributed by atoms with Crippen LogP contribution < -0.4 is 10.1 Å². The molecule has 4 rings (SSSR count). The van der Waals surface area contributed by atoms with Crippen LogP contribution in [0.1, 0.15) is 42.9 Å². The quantitative estimate of drug-likeness (QED) is 0.309. The topological polar surface area (TPSA) is 47.6 Å². The Morgan fingerprint density at radius 1 is 1.05 bits per heavy atom.